The minimum atomic E-state index is -0.544. The van der Waals surface area contributed by atoms with E-state index >= 15 is 0 Å². The van der Waals surface area contributed by atoms with Gasteiger partial charge in [0.05, 0.1) is 25.3 Å². The highest BCUT2D eigenvalue weighted by molar-refractivity contribution is 5.81. The zero-order chi connectivity index (χ0) is 22.4. The van der Waals surface area contributed by atoms with Gasteiger partial charge in [-0.2, -0.15) is 0 Å². The number of rotatable bonds is 7. The van der Waals surface area contributed by atoms with Gasteiger partial charge in [0.15, 0.2) is 11.5 Å². The molecule has 2 unspecified atom stereocenters. The molecule has 4 atom stereocenters. The first-order chi connectivity index (χ1) is 16.2. The molecule has 0 spiro atoms. The molecule has 6 rings (SSSR count). The molecule has 2 fully saturated rings. The summed E-state index contributed by atoms with van der Waals surface area (Å²) in [6.45, 7) is 4.39. The van der Waals surface area contributed by atoms with Crippen molar-refractivity contribution in [1.29, 1.82) is 0 Å². The molecule has 8 heteroatoms. The third kappa shape index (κ3) is 3.94. The minimum absolute atomic E-state index is 0.543. The summed E-state index contributed by atoms with van der Waals surface area (Å²) in [7, 11) is 1.60. The van der Waals surface area contributed by atoms with Crippen molar-refractivity contribution in [3.8, 4) is 23.1 Å². The van der Waals surface area contributed by atoms with E-state index in [1.165, 1.54) is 0 Å². The Kier molecular flexibility index (Phi) is 5.19. The van der Waals surface area contributed by atoms with E-state index in [1.807, 2.05) is 30.3 Å². The Morgan fingerprint density at radius 2 is 1.91 bits per heavy atom. The lowest BCUT2D eigenvalue weighted by atomic mass is 10.1. The summed E-state index contributed by atoms with van der Waals surface area (Å²) in [6, 6.07) is 11.3. The first kappa shape index (κ1) is 20.5. The van der Waals surface area contributed by atoms with Crippen molar-refractivity contribution < 1.29 is 24.1 Å². The number of benzene rings is 1. The smallest absolute Gasteiger partial charge is 0.213 e. The number of ether oxygens (including phenoxy) is 4. The Bertz CT molecular complexity index is 1160. The molecule has 1 saturated heterocycles. The number of fused-ring (bicyclic) bond motifs is 3. The highest BCUT2D eigenvalue weighted by Crippen LogP contribution is 2.52. The van der Waals surface area contributed by atoms with Gasteiger partial charge in [-0.1, -0.05) is 6.07 Å². The number of hydrogen-bond donors (Lipinski definition) is 1. The van der Waals surface area contributed by atoms with Crippen LogP contribution in [0.1, 0.15) is 11.7 Å². The highest BCUT2D eigenvalue weighted by Gasteiger charge is 2.55. The molecule has 4 heterocycles. The van der Waals surface area contributed by atoms with Crippen LogP contribution in [0, 0.1) is 17.8 Å². The van der Waals surface area contributed by atoms with Gasteiger partial charge < -0.3 is 24.1 Å². The topological polar surface area (TPSA) is 86.2 Å². The summed E-state index contributed by atoms with van der Waals surface area (Å²) in [6.07, 6.45) is 1.21. The van der Waals surface area contributed by atoms with Crippen LogP contribution in [0.15, 0.2) is 42.6 Å². The Morgan fingerprint density at radius 1 is 1.09 bits per heavy atom. The molecule has 3 aromatic rings. The van der Waals surface area contributed by atoms with E-state index < -0.39 is 6.10 Å². The minimum Gasteiger partial charge on any atom is -0.491 e. The number of aliphatic hydroxyl groups is 1. The third-order valence-electron chi connectivity index (χ3n) is 6.99. The Morgan fingerprint density at radius 3 is 2.73 bits per heavy atom. The molecule has 2 aromatic heterocycles. The molecule has 172 valence electrons. The van der Waals surface area contributed by atoms with E-state index in [1.54, 1.807) is 19.4 Å². The Hall–Kier alpha value is -3.10. The average Bonchev–Trinajstić information content (AvgIpc) is 3.31. The maximum Gasteiger partial charge on any atom is 0.213 e. The summed E-state index contributed by atoms with van der Waals surface area (Å²) >= 11 is 0. The van der Waals surface area contributed by atoms with Crippen molar-refractivity contribution in [3.05, 3.63) is 48.2 Å². The van der Waals surface area contributed by atoms with Crippen molar-refractivity contribution in [2.75, 3.05) is 46.6 Å². The van der Waals surface area contributed by atoms with Crippen LogP contribution in [-0.2, 0) is 0 Å². The summed E-state index contributed by atoms with van der Waals surface area (Å²) in [5.74, 6) is 4.54. The fourth-order valence-corrected chi connectivity index (χ4v) is 5.15. The van der Waals surface area contributed by atoms with Crippen LogP contribution in [0.3, 0.4) is 0 Å². The molecule has 8 nitrogen and oxygen atoms in total. The van der Waals surface area contributed by atoms with Gasteiger partial charge >= 0.3 is 0 Å². The van der Waals surface area contributed by atoms with Crippen molar-refractivity contribution in [2.45, 2.75) is 6.10 Å². The molecule has 1 N–H and O–H groups in total. The van der Waals surface area contributed by atoms with E-state index in [0.717, 1.165) is 46.9 Å². The van der Waals surface area contributed by atoms with Gasteiger partial charge in [0.1, 0.15) is 24.5 Å². The number of β-amino-alcohol motifs (C(OH)–C–C–N with tert-alkyl or cyclic N) is 1. The third-order valence-corrected chi connectivity index (χ3v) is 6.99. The first-order valence-corrected chi connectivity index (χ1v) is 11.4. The number of aliphatic hydroxyl groups excluding tert-OH is 1. The summed E-state index contributed by atoms with van der Waals surface area (Å²) in [5.41, 5.74) is 2.39. The summed E-state index contributed by atoms with van der Waals surface area (Å²) < 4.78 is 22.6. The van der Waals surface area contributed by atoms with Gasteiger partial charge in [0.25, 0.3) is 0 Å². The van der Waals surface area contributed by atoms with E-state index in [-0.39, 0.29) is 0 Å². The quantitative estimate of drug-likeness (QED) is 0.589. The van der Waals surface area contributed by atoms with Crippen molar-refractivity contribution in [2.24, 2.45) is 17.8 Å². The fraction of sp³-hybridized carbons (Fsp3) is 0.440. The normalized spacial score (nSPS) is 24.4. The molecule has 1 aliphatic carbocycles. The standard InChI is InChI=1S/C25H27N3O5/c1-30-24-5-3-19-25(27-24)22(6-7-26-19)33-14-18-16-11-28(12-17(16)18)13-20(29)15-2-4-21-23(10-15)32-9-8-31-21/h2-7,10,16-18,20,29H,8-9,11-14H2,1H3/t16-,17+,18?,20?. The highest BCUT2D eigenvalue weighted by atomic mass is 16.6. The van der Waals surface area contributed by atoms with Gasteiger partial charge in [0.2, 0.25) is 5.88 Å². The van der Waals surface area contributed by atoms with Crippen LogP contribution in [-0.4, -0.2) is 66.5 Å². The number of likely N-dealkylation sites (tertiary alicyclic amines) is 1. The lowest BCUT2D eigenvalue weighted by Crippen LogP contribution is -2.30. The van der Waals surface area contributed by atoms with Gasteiger partial charge in [-0.3, -0.25) is 9.88 Å². The van der Waals surface area contributed by atoms with E-state index in [0.29, 0.717) is 50.0 Å². The Balaban J connectivity index is 1.03. The van der Waals surface area contributed by atoms with Gasteiger partial charge in [-0.15, -0.1) is 0 Å². The fourth-order valence-electron chi connectivity index (χ4n) is 5.15. The molecule has 2 aliphatic heterocycles. The maximum atomic E-state index is 10.8. The van der Waals surface area contributed by atoms with E-state index in [9.17, 15) is 5.11 Å². The summed E-state index contributed by atoms with van der Waals surface area (Å²) in [5, 5.41) is 10.8. The van der Waals surface area contributed by atoms with Gasteiger partial charge in [0, 0.05) is 43.9 Å². The zero-order valence-electron chi connectivity index (χ0n) is 18.5. The number of methoxy groups -OCH3 is 1. The van der Waals surface area contributed by atoms with Crippen molar-refractivity contribution in [1.82, 2.24) is 14.9 Å². The molecule has 0 bridgehead atoms. The van der Waals surface area contributed by atoms with Crippen LogP contribution >= 0.6 is 0 Å². The van der Waals surface area contributed by atoms with E-state index in [4.69, 9.17) is 18.9 Å². The predicted molar refractivity (Wildman–Crippen MR) is 121 cm³/mol. The molecule has 1 saturated carbocycles. The number of hydrogen-bond acceptors (Lipinski definition) is 8. The average molecular weight is 450 g/mol. The second-order valence-corrected chi connectivity index (χ2v) is 8.97. The number of nitrogens with zero attached hydrogens (tertiary/aromatic N) is 3. The van der Waals surface area contributed by atoms with E-state index in [2.05, 4.69) is 14.9 Å². The van der Waals surface area contributed by atoms with Gasteiger partial charge in [-0.25, -0.2) is 4.98 Å². The van der Waals surface area contributed by atoms with Crippen molar-refractivity contribution in [3.63, 3.8) is 0 Å². The monoisotopic (exact) mass is 449 g/mol. The van der Waals surface area contributed by atoms with Gasteiger partial charge in [-0.05, 0) is 35.6 Å². The van der Waals surface area contributed by atoms with Crippen molar-refractivity contribution >= 4 is 11.0 Å². The predicted octanol–water partition coefficient (Wildman–Crippen LogP) is 2.70. The molecule has 1 aromatic carbocycles. The van der Waals surface area contributed by atoms with Crippen LogP contribution in [0.5, 0.6) is 23.1 Å². The lowest BCUT2D eigenvalue weighted by Gasteiger charge is -2.24. The number of piperidine rings is 1. The molecule has 0 radical (unpaired) electrons. The largest absolute Gasteiger partial charge is 0.491 e. The lowest BCUT2D eigenvalue weighted by molar-refractivity contribution is 0.113. The first-order valence-electron chi connectivity index (χ1n) is 11.4. The second-order valence-electron chi connectivity index (χ2n) is 8.97. The Labute approximate surface area is 192 Å². The van der Waals surface area contributed by atoms with Crippen LogP contribution in [0.25, 0.3) is 11.0 Å². The number of pyridine rings is 2. The van der Waals surface area contributed by atoms with Crippen LogP contribution in [0.4, 0.5) is 0 Å². The van der Waals surface area contributed by atoms with Crippen LogP contribution in [0.2, 0.25) is 0 Å². The SMILES string of the molecule is COc1ccc2nccc(OCC3[C@H]4CN(CC(O)c5ccc6c(c5)OCCO6)C[C@@H]34)c2n1. The van der Waals surface area contributed by atoms with Crippen LogP contribution < -0.4 is 18.9 Å². The zero-order valence-corrected chi connectivity index (χ0v) is 18.5. The number of aromatic nitrogens is 2. The molecule has 3 aliphatic rings. The maximum absolute atomic E-state index is 10.8. The second kappa shape index (κ2) is 8.35. The molecular weight excluding hydrogens is 422 g/mol. The molecule has 0 amide bonds. The molecule has 33 heavy (non-hydrogen) atoms. The summed E-state index contributed by atoms with van der Waals surface area (Å²) in [4.78, 5) is 11.2. The molecular formula is C25H27N3O5.